The number of halogens is 2. The molecular weight excluding hydrogens is 534 g/mol. The minimum absolute atomic E-state index is 0.0202. The Labute approximate surface area is 251 Å². The van der Waals surface area contributed by atoms with Gasteiger partial charge in [-0.2, -0.15) is 8.78 Å². The fraction of sp³-hybridized carbons (Fsp3) is 0.0769. The van der Waals surface area contributed by atoms with Gasteiger partial charge < -0.3 is 9.80 Å². The topological polar surface area (TPSA) is 6.48 Å². The van der Waals surface area contributed by atoms with Crippen molar-refractivity contribution in [2.75, 3.05) is 9.80 Å². The highest BCUT2D eigenvalue weighted by molar-refractivity contribution is 5.87. The van der Waals surface area contributed by atoms with Gasteiger partial charge in [0, 0.05) is 45.3 Å². The van der Waals surface area contributed by atoms with Crippen LogP contribution in [0.25, 0.3) is 11.1 Å². The number of nitrogens with zero attached hydrogens (tertiary/aromatic N) is 2. The van der Waals surface area contributed by atoms with Gasteiger partial charge in [-0.05, 0) is 97.8 Å². The van der Waals surface area contributed by atoms with Crippen LogP contribution in [0.2, 0.25) is 0 Å². The minimum atomic E-state index is -3.16. The lowest BCUT2D eigenvalue weighted by Gasteiger charge is -2.27. The summed E-state index contributed by atoms with van der Waals surface area (Å²) >= 11 is 0. The molecule has 4 heteroatoms. The predicted molar refractivity (Wildman–Crippen MR) is 174 cm³/mol. The van der Waals surface area contributed by atoms with Crippen molar-refractivity contribution in [1.29, 1.82) is 0 Å². The third-order valence-corrected chi connectivity index (χ3v) is 8.10. The summed E-state index contributed by atoms with van der Waals surface area (Å²) in [5.41, 5.74) is 8.45. The van der Waals surface area contributed by atoms with Gasteiger partial charge in [0.25, 0.3) is 5.92 Å². The van der Waals surface area contributed by atoms with Crippen LogP contribution in [0.5, 0.6) is 0 Å². The smallest absolute Gasteiger partial charge is 0.299 e. The van der Waals surface area contributed by atoms with E-state index in [1.54, 1.807) is 12.1 Å². The Balaban J connectivity index is 1.33. The van der Waals surface area contributed by atoms with Crippen LogP contribution in [-0.2, 0) is 5.92 Å². The lowest BCUT2D eigenvalue weighted by atomic mass is 10.0. The molecule has 0 fully saturated rings. The highest BCUT2D eigenvalue weighted by Crippen LogP contribution is 2.54. The minimum Gasteiger partial charge on any atom is -0.310 e. The lowest BCUT2D eigenvalue weighted by Crippen LogP contribution is -2.15. The maximum absolute atomic E-state index is 16.5. The van der Waals surface area contributed by atoms with E-state index in [0.29, 0.717) is 22.5 Å². The summed E-state index contributed by atoms with van der Waals surface area (Å²) in [6.07, 6.45) is 0. The number of aryl methyl sites for hydroxylation is 2. The molecule has 6 aromatic carbocycles. The summed E-state index contributed by atoms with van der Waals surface area (Å²) in [5, 5.41) is 0. The predicted octanol–water partition coefficient (Wildman–Crippen LogP) is 11.4. The second-order valence-corrected chi connectivity index (χ2v) is 11.0. The van der Waals surface area contributed by atoms with Gasteiger partial charge in [0.2, 0.25) is 0 Å². The monoisotopic (exact) mass is 564 g/mol. The van der Waals surface area contributed by atoms with Crippen LogP contribution in [0.1, 0.15) is 22.3 Å². The standard InChI is InChI=1S/C39H30F2N2/c1-27-13-17-31(18-14-27)42(29-9-5-3-6-10-29)33-21-23-35-36-24-22-34(26-38(36)39(40,41)37(35)25-33)43(30-11-7-4-8-12-30)32-19-15-28(2)16-20-32/h3-26H,1-2H3. The van der Waals surface area contributed by atoms with Gasteiger partial charge in [-0.15, -0.1) is 0 Å². The molecule has 0 amide bonds. The van der Waals surface area contributed by atoms with Crippen LogP contribution >= 0.6 is 0 Å². The van der Waals surface area contributed by atoms with Crippen molar-refractivity contribution in [3.63, 3.8) is 0 Å². The average Bonchev–Trinajstić information content (AvgIpc) is 3.26. The highest BCUT2D eigenvalue weighted by Gasteiger charge is 2.45. The van der Waals surface area contributed by atoms with E-state index < -0.39 is 5.92 Å². The van der Waals surface area contributed by atoms with E-state index in [1.807, 2.05) is 157 Å². The van der Waals surface area contributed by atoms with Gasteiger partial charge in [0.05, 0.1) is 0 Å². The van der Waals surface area contributed by atoms with Gasteiger partial charge in [-0.1, -0.05) is 83.9 Å². The number of anilines is 6. The third kappa shape index (κ3) is 4.75. The number of fused-ring (bicyclic) bond motifs is 3. The first kappa shape index (κ1) is 26.7. The molecule has 0 unspecified atom stereocenters. The van der Waals surface area contributed by atoms with Crippen LogP contribution in [0, 0.1) is 13.8 Å². The van der Waals surface area contributed by atoms with Gasteiger partial charge in [-0.3, -0.25) is 0 Å². The molecule has 210 valence electrons. The van der Waals surface area contributed by atoms with Crippen molar-refractivity contribution in [2.45, 2.75) is 19.8 Å². The molecule has 0 heterocycles. The zero-order valence-corrected chi connectivity index (χ0v) is 24.0. The van der Waals surface area contributed by atoms with E-state index in [-0.39, 0.29) is 11.1 Å². The highest BCUT2D eigenvalue weighted by atomic mass is 19.3. The fourth-order valence-corrected chi connectivity index (χ4v) is 5.91. The van der Waals surface area contributed by atoms with E-state index in [4.69, 9.17) is 0 Å². The van der Waals surface area contributed by atoms with Crippen molar-refractivity contribution in [1.82, 2.24) is 0 Å². The molecule has 0 atom stereocenters. The van der Waals surface area contributed by atoms with Crippen LogP contribution in [0.15, 0.2) is 146 Å². The summed E-state index contributed by atoms with van der Waals surface area (Å²) in [6.45, 7) is 4.08. The first-order valence-electron chi connectivity index (χ1n) is 14.4. The Morgan fingerprint density at radius 2 is 0.721 bits per heavy atom. The Morgan fingerprint density at radius 1 is 0.395 bits per heavy atom. The van der Waals surface area contributed by atoms with Crippen molar-refractivity contribution in [3.05, 3.63) is 168 Å². The zero-order chi connectivity index (χ0) is 29.6. The number of para-hydroxylation sites is 2. The van der Waals surface area contributed by atoms with E-state index in [2.05, 4.69) is 0 Å². The molecule has 2 nitrogen and oxygen atoms in total. The number of hydrogen-bond donors (Lipinski definition) is 0. The van der Waals surface area contributed by atoms with Crippen molar-refractivity contribution >= 4 is 34.1 Å². The molecule has 0 N–H and O–H groups in total. The summed E-state index contributed by atoms with van der Waals surface area (Å²) in [7, 11) is 0. The van der Waals surface area contributed by atoms with E-state index in [9.17, 15) is 0 Å². The van der Waals surface area contributed by atoms with Crippen molar-refractivity contribution < 1.29 is 8.78 Å². The van der Waals surface area contributed by atoms with Gasteiger partial charge in [-0.25, -0.2) is 0 Å². The Hall–Kier alpha value is -5.22. The molecule has 7 rings (SSSR count). The fourth-order valence-electron chi connectivity index (χ4n) is 5.91. The summed E-state index contributed by atoms with van der Waals surface area (Å²) < 4.78 is 33.0. The molecule has 1 aliphatic carbocycles. The van der Waals surface area contributed by atoms with E-state index in [1.165, 1.54) is 0 Å². The SMILES string of the molecule is Cc1ccc(N(c2ccccc2)c2ccc3c(c2)C(F)(F)c2cc(N(c4ccccc4)c4ccc(C)cc4)ccc2-3)cc1. The first-order chi connectivity index (χ1) is 20.9. The van der Waals surface area contributed by atoms with Crippen molar-refractivity contribution in [3.8, 4) is 11.1 Å². The maximum Gasteiger partial charge on any atom is 0.299 e. The van der Waals surface area contributed by atoms with E-state index >= 15 is 8.78 Å². The van der Waals surface area contributed by atoms with Crippen LogP contribution in [-0.4, -0.2) is 0 Å². The number of hydrogen-bond acceptors (Lipinski definition) is 2. The van der Waals surface area contributed by atoms with Crippen molar-refractivity contribution in [2.24, 2.45) is 0 Å². The molecule has 0 aliphatic heterocycles. The average molecular weight is 565 g/mol. The number of rotatable bonds is 6. The Bertz CT molecular complexity index is 1760. The Morgan fingerprint density at radius 3 is 1.09 bits per heavy atom. The molecule has 0 radical (unpaired) electrons. The van der Waals surface area contributed by atoms with Crippen LogP contribution in [0.4, 0.5) is 42.9 Å². The van der Waals surface area contributed by atoms with Gasteiger partial charge >= 0.3 is 0 Å². The maximum atomic E-state index is 16.5. The van der Waals surface area contributed by atoms with Gasteiger partial charge in [0.1, 0.15) is 0 Å². The largest absolute Gasteiger partial charge is 0.310 e. The molecule has 43 heavy (non-hydrogen) atoms. The molecule has 1 aliphatic rings. The molecule has 0 saturated carbocycles. The lowest BCUT2D eigenvalue weighted by molar-refractivity contribution is 0.0481. The quantitative estimate of drug-likeness (QED) is 0.199. The third-order valence-electron chi connectivity index (χ3n) is 8.10. The van der Waals surface area contributed by atoms with Gasteiger partial charge in [0.15, 0.2) is 0 Å². The summed E-state index contributed by atoms with van der Waals surface area (Å²) in [5.74, 6) is -3.16. The second kappa shape index (κ2) is 10.6. The molecule has 0 bridgehead atoms. The molecule has 0 aromatic heterocycles. The molecule has 0 spiro atoms. The molecular formula is C39H30F2N2. The number of benzene rings is 6. The van der Waals surface area contributed by atoms with Crippen LogP contribution in [0.3, 0.4) is 0 Å². The second-order valence-electron chi connectivity index (χ2n) is 11.0. The molecule has 0 saturated heterocycles. The zero-order valence-electron chi connectivity index (χ0n) is 24.0. The molecule has 6 aromatic rings. The normalized spacial score (nSPS) is 12.8. The Kier molecular flexibility index (Phi) is 6.55. The summed E-state index contributed by atoms with van der Waals surface area (Å²) in [6, 6.07) is 46.8. The number of alkyl halides is 2. The summed E-state index contributed by atoms with van der Waals surface area (Å²) in [4.78, 5) is 4.05. The van der Waals surface area contributed by atoms with E-state index in [0.717, 1.165) is 33.9 Å². The first-order valence-corrected chi connectivity index (χ1v) is 14.4. The van der Waals surface area contributed by atoms with Crippen LogP contribution < -0.4 is 9.80 Å².